The highest BCUT2D eigenvalue weighted by atomic mass is 35.5. The number of nitrogens with one attached hydrogen (secondary N) is 1. The molecule has 96 valence electrons. The third-order valence-corrected chi connectivity index (χ3v) is 3.04. The van der Waals surface area contributed by atoms with Gasteiger partial charge >= 0.3 is 0 Å². The molecular formula is C14H17ClNO2+. The van der Waals surface area contributed by atoms with E-state index in [1.165, 1.54) is 4.90 Å². The van der Waals surface area contributed by atoms with Gasteiger partial charge in [-0.3, -0.25) is 0 Å². The Bertz CT molecular complexity index is 416. The predicted molar refractivity (Wildman–Crippen MR) is 71.1 cm³/mol. The quantitative estimate of drug-likeness (QED) is 0.812. The molecule has 0 aliphatic carbocycles. The molecule has 0 amide bonds. The van der Waals surface area contributed by atoms with Crippen LogP contribution in [0.25, 0.3) is 0 Å². The van der Waals surface area contributed by atoms with Crippen LogP contribution in [0, 0.1) is 11.8 Å². The first kappa shape index (κ1) is 13.2. The topological polar surface area (TPSA) is 22.9 Å². The van der Waals surface area contributed by atoms with E-state index < -0.39 is 0 Å². The molecule has 1 aromatic rings. The van der Waals surface area contributed by atoms with Crippen molar-refractivity contribution in [2.24, 2.45) is 0 Å². The summed E-state index contributed by atoms with van der Waals surface area (Å²) < 4.78 is 10.8. The highest BCUT2D eigenvalue weighted by Gasteiger charge is 2.11. The van der Waals surface area contributed by atoms with E-state index in [-0.39, 0.29) is 0 Å². The second-order valence-electron chi connectivity index (χ2n) is 4.14. The number of benzene rings is 1. The average Bonchev–Trinajstić information content (AvgIpc) is 2.42. The molecule has 2 rings (SSSR count). The van der Waals surface area contributed by atoms with Crippen LogP contribution in [0.2, 0.25) is 5.02 Å². The molecule has 3 nitrogen and oxygen atoms in total. The zero-order valence-electron chi connectivity index (χ0n) is 10.2. The van der Waals surface area contributed by atoms with Gasteiger partial charge in [0, 0.05) is 5.02 Å². The third kappa shape index (κ3) is 4.58. The van der Waals surface area contributed by atoms with Gasteiger partial charge in [0.2, 0.25) is 0 Å². The summed E-state index contributed by atoms with van der Waals surface area (Å²) >= 11 is 5.78. The molecule has 18 heavy (non-hydrogen) atoms. The van der Waals surface area contributed by atoms with E-state index in [0.717, 1.165) is 38.6 Å². The molecule has 1 aromatic carbocycles. The first-order valence-corrected chi connectivity index (χ1v) is 6.48. The smallest absolute Gasteiger partial charge is 0.149 e. The number of hydrogen-bond acceptors (Lipinski definition) is 2. The normalized spacial score (nSPS) is 15.8. The zero-order chi connectivity index (χ0) is 12.6. The fourth-order valence-corrected chi connectivity index (χ4v) is 1.85. The molecule has 1 aliphatic heterocycles. The number of ether oxygens (including phenoxy) is 2. The summed E-state index contributed by atoms with van der Waals surface area (Å²) in [6.07, 6.45) is 0. The number of rotatable bonds is 3. The highest BCUT2D eigenvalue weighted by molar-refractivity contribution is 6.30. The van der Waals surface area contributed by atoms with Crippen LogP contribution in [0.4, 0.5) is 0 Å². The van der Waals surface area contributed by atoms with Crippen molar-refractivity contribution in [3.63, 3.8) is 0 Å². The number of hydrogen-bond donors (Lipinski definition) is 1. The van der Waals surface area contributed by atoms with E-state index in [9.17, 15) is 0 Å². The molecule has 1 heterocycles. The maximum Gasteiger partial charge on any atom is 0.149 e. The van der Waals surface area contributed by atoms with Gasteiger partial charge in [-0.1, -0.05) is 17.5 Å². The van der Waals surface area contributed by atoms with E-state index in [1.54, 1.807) is 0 Å². The number of halogens is 1. The molecule has 1 saturated heterocycles. The maximum atomic E-state index is 5.78. The monoisotopic (exact) mass is 266 g/mol. The molecule has 1 N–H and O–H groups in total. The Morgan fingerprint density at radius 2 is 1.89 bits per heavy atom. The zero-order valence-corrected chi connectivity index (χ0v) is 11.0. The molecule has 0 aromatic heterocycles. The van der Waals surface area contributed by atoms with Gasteiger partial charge in [0.1, 0.15) is 32.0 Å². The fraction of sp³-hybridized carbons (Fsp3) is 0.429. The lowest BCUT2D eigenvalue weighted by atomic mass is 10.3. The van der Waals surface area contributed by atoms with Crippen molar-refractivity contribution in [3.8, 4) is 17.6 Å². The van der Waals surface area contributed by atoms with Gasteiger partial charge in [-0.2, -0.15) is 0 Å². The molecule has 0 atom stereocenters. The Balaban J connectivity index is 1.67. The molecule has 0 radical (unpaired) electrons. The minimum absolute atomic E-state index is 0.422. The van der Waals surface area contributed by atoms with Crippen LogP contribution in [0.3, 0.4) is 0 Å². The van der Waals surface area contributed by atoms with Gasteiger partial charge in [0.05, 0.1) is 13.2 Å². The minimum Gasteiger partial charge on any atom is -0.481 e. The highest BCUT2D eigenvalue weighted by Crippen LogP contribution is 2.14. The van der Waals surface area contributed by atoms with Crippen LogP contribution in [0.15, 0.2) is 24.3 Å². The van der Waals surface area contributed by atoms with Crippen LogP contribution in [-0.4, -0.2) is 39.5 Å². The maximum absolute atomic E-state index is 5.78. The van der Waals surface area contributed by atoms with E-state index in [4.69, 9.17) is 21.1 Å². The SMILES string of the molecule is Clc1ccc(OCC#CC[NH+]2CCOCC2)cc1. The Hall–Kier alpha value is -1.21. The van der Waals surface area contributed by atoms with Gasteiger partial charge in [0.15, 0.2) is 0 Å². The minimum atomic E-state index is 0.422. The number of quaternary nitrogens is 1. The van der Waals surface area contributed by atoms with Crippen molar-refractivity contribution >= 4 is 11.6 Å². The van der Waals surface area contributed by atoms with Crippen LogP contribution in [0.1, 0.15) is 0 Å². The molecule has 0 spiro atoms. The Morgan fingerprint density at radius 3 is 2.61 bits per heavy atom. The van der Waals surface area contributed by atoms with Crippen molar-refractivity contribution in [1.82, 2.24) is 0 Å². The predicted octanol–water partition coefficient (Wildman–Crippen LogP) is 0.637. The largest absolute Gasteiger partial charge is 0.481 e. The van der Waals surface area contributed by atoms with Crippen LogP contribution in [0.5, 0.6) is 5.75 Å². The van der Waals surface area contributed by atoms with E-state index in [1.807, 2.05) is 24.3 Å². The van der Waals surface area contributed by atoms with Crippen LogP contribution < -0.4 is 9.64 Å². The second-order valence-corrected chi connectivity index (χ2v) is 4.57. The molecule has 0 unspecified atom stereocenters. The number of morpholine rings is 1. The lowest BCUT2D eigenvalue weighted by molar-refractivity contribution is -0.900. The summed E-state index contributed by atoms with van der Waals surface area (Å²) in [5.74, 6) is 6.97. The third-order valence-electron chi connectivity index (χ3n) is 2.79. The Labute approximate surface area is 113 Å². The van der Waals surface area contributed by atoms with E-state index in [0.29, 0.717) is 11.6 Å². The van der Waals surface area contributed by atoms with Crippen molar-refractivity contribution in [3.05, 3.63) is 29.3 Å². The molecule has 4 heteroatoms. The van der Waals surface area contributed by atoms with E-state index in [2.05, 4.69) is 11.8 Å². The lowest BCUT2D eigenvalue weighted by Crippen LogP contribution is -3.14. The van der Waals surface area contributed by atoms with Gasteiger partial charge < -0.3 is 14.4 Å². The van der Waals surface area contributed by atoms with E-state index >= 15 is 0 Å². The lowest BCUT2D eigenvalue weighted by Gasteiger charge is -2.21. The summed E-state index contributed by atoms with van der Waals surface area (Å²) in [5, 5.41) is 0.712. The first-order valence-electron chi connectivity index (χ1n) is 6.10. The van der Waals surface area contributed by atoms with Gasteiger partial charge in [-0.15, -0.1) is 0 Å². The fourth-order valence-electron chi connectivity index (χ4n) is 1.73. The summed E-state index contributed by atoms with van der Waals surface area (Å²) in [6, 6.07) is 7.30. The first-order chi connectivity index (χ1) is 8.84. The van der Waals surface area contributed by atoms with Gasteiger partial charge in [-0.25, -0.2) is 0 Å². The van der Waals surface area contributed by atoms with Crippen LogP contribution in [-0.2, 0) is 4.74 Å². The Morgan fingerprint density at radius 1 is 1.17 bits per heavy atom. The molecule has 0 saturated carbocycles. The second kappa shape index (κ2) is 7.27. The van der Waals surface area contributed by atoms with Crippen molar-refractivity contribution < 1.29 is 14.4 Å². The molecular weight excluding hydrogens is 250 g/mol. The molecule has 1 aliphatic rings. The van der Waals surface area contributed by atoms with Crippen LogP contribution >= 0.6 is 11.6 Å². The summed E-state index contributed by atoms with van der Waals surface area (Å²) in [7, 11) is 0. The van der Waals surface area contributed by atoms with Gasteiger partial charge in [-0.05, 0) is 30.2 Å². The average molecular weight is 267 g/mol. The summed E-state index contributed by atoms with van der Waals surface area (Å²) in [6.45, 7) is 5.08. The van der Waals surface area contributed by atoms with Crippen molar-refractivity contribution in [1.29, 1.82) is 0 Å². The Kier molecular flexibility index (Phi) is 5.35. The van der Waals surface area contributed by atoms with Crippen molar-refractivity contribution in [2.45, 2.75) is 0 Å². The molecule has 1 fully saturated rings. The van der Waals surface area contributed by atoms with Crippen molar-refractivity contribution in [2.75, 3.05) is 39.5 Å². The van der Waals surface area contributed by atoms with Gasteiger partial charge in [0.25, 0.3) is 0 Å². The summed E-state index contributed by atoms with van der Waals surface area (Å²) in [4.78, 5) is 1.49. The standard InChI is InChI=1S/C14H16ClNO2/c15-13-3-5-14(6-4-13)18-10-2-1-7-16-8-11-17-12-9-16/h3-6H,7-12H2/p+1. The molecule has 0 bridgehead atoms. The summed E-state index contributed by atoms with van der Waals surface area (Å²) in [5.41, 5.74) is 0.